The van der Waals surface area contributed by atoms with E-state index in [0.717, 1.165) is 0 Å². The Kier molecular flexibility index (Phi) is 4.18. The van der Waals surface area contributed by atoms with E-state index in [1.807, 2.05) is 6.07 Å². The third kappa shape index (κ3) is 2.71. The Morgan fingerprint density at radius 2 is 1.96 bits per heavy atom. The van der Waals surface area contributed by atoms with Crippen LogP contribution in [0.15, 0.2) is 53.6 Å². The number of imidazole rings is 1. The van der Waals surface area contributed by atoms with Gasteiger partial charge in [-0.25, -0.2) is 4.98 Å². The average molecular weight is 370 g/mol. The lowest BCUT2D eigenvalue weighted by Gasteiger charge is -2.06. The van der Waals surface area contributed by atoms with Crippen LogP contribution in [0.3, 0.4) is 0 Å². The molecule has 4 rings (SSSR count). The van der Waals surface area contributed by atoms with E-state index < -0.39 is 0 Å². The highest BCUT2D eigenvalue weighted by molar-refractivity contribution is 5.93. The molecule has 0 aliphatic heterocycles. The molecule has 28 heavy (non-hydrogen) atoms. The van der Waals surface area contributed by atoms with Crippen LogP contribution in [-0.4, -0.2) is 20.3 Å². The fraction of sp³-hybridized carbons (Fsp3) is 0.0500. The Hall–Kier alpha value is -4.25. The number of hydrazine groups is 1. The van der Waals surface area contributed by atoms with Crippen molar-refractivity contribution in [1.29, 1.82) is 5.26 Å². The van der Waals surface area contributed by atoms with Crippen molar-refractivity contribution in [3.05, 3.63) is 81.1 Å². The summed E-state index contributed by atoms with van der Waals surface area (Å²) in [6.07, 6.45) is 4.40. The van der Waals surface area contributed by atoms with E-state index in [2.05, 4.69) is 26.9 Å². The van der Waals surface area contributed by atoms with Gasteiger partial charge < -0.3 is 5.43 Å². The number of nitriles is 1. The van der Waals surface area contributed by atoms with Gasteiger partial charge in [-0.1, -0.05) is 12.1 Å². The highest BCUT2D eigenvalue weighted by Crippen LogP contribution is 2.17. The van der Waals surface area contributed by atoms with Crippen molar-refractivity contribution in [1.82, 2.24) is 25.2 Å². The summed E-state index contributed by atoms with van der Waals surface area (Å²) in [7, 11) is 0. The van der Waals surface area contributed by atoms with Gasteiger partial charge in [0.15, 0.2) is 5.65 Å². The van der Waals surface area contributed by atoms with Crippen LogP contribution in [0.4, 0.5) is 0 Å². The molecule has 8 heteroatoms. The number of hydrogen-bond acceptors (Lipinski definition) is 6. The maximum absolute atomic E-state index is 13.1. The summed E-state index contributed by atoms with van der Waals surface area (Å²) < 4.78 is 1.42. The number of para-hydroxylation sites is 2. The predicted octanol–water partition coefficient (Wildman–Crippen LogP) is 0.814. The summed E-state index contributed by atoms with van der Waals surface area (Å²) in [5.74, 6) is -0.376. The molecular weight excluding hydrogens is 356 g/mol. The summed E-state index contributed by atoms with van der Waals surface area (Å²) in [6.45, 7) is 1.68. The summed E-state index contributed by atoms with van der Waals surface area (Å²) in [5.41, 5.74) is 7.61. The van der Waals surface area contributed by atoms with Crippen molar-refractivity contribution < 1.29 is 4.79 Å². The number of aromatic nitrogens is 3. The van der Waals surface area contributed by atoms with Gasteiger partial charge in [-0.05, 0) is 36.8 Å². The maximum Gasteiger partial charge on any atom is 0.269 e. The van der Waals surface area contributed by atoms with Gasteiger partial charge in [0.1, 0.15) is 6.07 Å². The molecule has 0 radical (unpaired) electrons. The van der Waals surface area contributed by atoms with Crippen molar-refractivity contribution in [2.75, 3.05) is 0 Å². The number of nitrogens with one attached hydrogen (secondary N) is 2. The van der Waals surface area contributed by atoms with Crippen molar-refractivity contribution >= 4 is 28.8 Å². The second-order valence-electron chi connectivity index (χ2n) is 6.07. The van der Waals surface area contributed by atoms with Gasteiger partial charge in [-0.3, -0.25) is 24.4 Å². The van der Waals surface area contributed by atoms with Crippen molar-refractivity contribution in [3.63, 3.8) is 0 Å². The van der Waals surface area contributed by atoms with E-state index in [1.165, 1.54) is 23.0 Å². The van der Waals surface area contributed by atoms with E-state index >= 15 is 0 Å². The SMILES string of the molecule is Cc1c(C#N)c2nc3ccccc3n2c(=O)c1=CNNC(=O)c1ccncc1. The van der Waals surface area contributed by atoms with Crippen molar-refractivity contribution in [3.8, 4) is 6.07 Å². The molecule has 2 N–H and O–H groups in total. The number of carbonyl (C=O) groups excluding carboxylic acids is 1. The van der Waals surface area contributed by atoms with Gasteiger partial charge in [0, 0.05) is 24.2 Å². The number of pyridine rings is 2. The fourth-order valence-electron chi connectivity index (χ4n) is 3.04. The average Bonchev–Trinajstić information content (AvgIpc) is 3.10. The molecule has 0 aliphatic carbocycles. The predicted molar refractivity (Wildman–Crippen MR) is 103 cm³/mol. The van der Waals surface area contributed by atoms with E-state index in [1.54, 1.807) is 37.3 Å². The number of rotatable bonds is 3. The molecule has 0 spiro atoms. The molecule has 0 saturated heterocycles. The molecule has 1 amide bonds. The molecule has 0 fully saturated rings. The minimum absolute atomic E-state index is 0.266. The van der Waals surface area contributed by atoms with Gasteiger partial charge in [0.2, 0.25) is 0 Å². The molecule has 3 aromatic heterocycles. The molecule has 1 aromatic carbocycles. The topological polar surface area (TPSA) is 112 Å². The Balaban J connectivity index is 1.82. The summed E-state index contributed by atoms with van der Waals surface area (Å²) in [4.78, 5) is 33.5. The van der Waals surface area contributed by atoms with Crippen LogP contribution in [0, 0.1) is 18.3 Å². The molecular formula is C20H14N6O2. The first-order chi connectivity index (χ1) is 13.6. The smallest absolute Gasteiger partial charge is 0.269 e. The molecule has 3 heterocycles. The number of hydrogen-bond donors (Lipinski definition) is 2. The number of benzene rings is 1. The van der Waals surface area contributed by atoms with E-state index in [9.17, 15) is 14.9 Å². The van der Waals surface area contributed by atoms with Crippen LogP contribution in [-0.2, 0) is 0 Å². The largest absolute Gasteiger partial charge is 0.305 e. The zero-order valence-corrected chi connectivity index (χ0v) is 14.8. The van der Waals surface area contributed by atoms with Gasteiger partial charge >= 0.3 is 0 Å². The zero-order valence-electron chi connectivity index (χ0n) is 14.8. The monoisotopic (exact) mass is 370 g/mol. The van der Waals surface area contributed by atoms with Gasteiger partial charge in [-0.15, -0.1) is 0 Å². The van der Waals surface area contributed by atoms with Gasteiger partial charge in [0.05, 0.1) is 21.8 Å². The van der Waals surface area contributed by atoms with Crippen molar-refractivity contribution in [2.45, 2.75) is 6.92 Å². The van der Waals surface area contributed by atoms with Crippen LogP contribution in [0.5, 0.6) is 0 Å². The number of fused-ring (bicyclic) bond motifs is 3. The normalized spacial score (nSPS) is 11.5. The first-order valence-electron chi connectivity index (χ1n) is 8.42. The van der Waals surface area contributed by atoms with Crippen LogP contribution in [0.25, 0.3) is 22.9 Å². The molecule has 0 unspecified atom stereocenters. The Labute approximate surface area is 158 Å². The minimum atomic E-state index is -0.376. The highest BCUT2D eigenvalue weighted by atomic mass is 16.2. The van der Waals surface area contributed by atoms with Crippen LogP contribution < -0.4 is 21.6 Å². The standard InChI is InChI=1S/C20H14N6O2/c1-12-14(10-21)18-24-16-4-2-3-5-17(16)26(18)20(28)15(12)11-23-25-19(27)13-6-8-22-9-7-13/h2-9,11,23H,1H3,(H,25,27). The van der Waals surface area contributed by atoms with E-state index in [-0.39, 0.29) is 16.7 Å². The third-order valence-corrected chi connectivity index (χ3v) is 4.45. The second kappa shape index (κ2) is 6.81. The van der Waals surface area contributed by atoms with Crippen molar-refractivity contribution in [2.24, 2.45) is 0 Å². The summed E-state index contributed by atoms with van der Waals surface area (Å²) in [5, 5.41) is 9.87. The molecule has 0 aliphatic rings. The Bertz CT molecular complexity index is 1370. The van der Waals surface area contributed by atoms with E-state index in [0.29, 0.717) is 33.4 Å². The highest BCUT2D eigenvalue weighted by Gasteiger charge is 2.15. The Morgan fingerprint density at radius 1 is 1.21 bits per heavy atom. The first kappa shape index (κ1) is 17.2. The van der Waals surface area contributed by atoms with E-state index in [4.69, 9.17) is 0 Å². The molecule has 4 aromatic rings. The number of carbonyl (C=O) groups is 1. The summed E-state index contributed by atoms with van der Waals surface area (Å²) in [6, 6.07) is 12.4. The third-order valence-electron chi connectivity index (χ3n) is 4.45. The quantitative estimate of drug-likeness (QED) is 0.516. The lowest BCUT2D eigenvalue weighted by atomic mass is 10.1. The number of nitrogens with zero attached hydrogens (tertiary/aromatic N) is 4. The molecule has 136 valence electrons. The molecule has 0 saturated carbocycles. The van der Waals surface area contributed by atoms with Gasteiger partial charge in [-0.2, -0.15) is 5.26 Å². The fourth-order valence-corrected chi connectivity index (χ4v) is 3.04. The molecule has 8 nitrogen and oxygen atoms in total. The van der Waals surface area contributed by atoms with Crippen LogP contribution in [0.2, 0.25) is 0 Å². The van der Waals surface area contributed by atoms with Gasteiger partial charge in [0.25, 0.3) is 11.5 Å². The molecule has 0 bridgehead atoms. The number of amides is 1. The lowest BCUT2D eigenvalue weighted by molar-refractivity contribution is 0.0943. The minimum Gasteiger partial charge on any atom is -0.305 e. The molecule has 0 atom stereocenters. The van der Waals surface area contributed by atoms with Crippen LogP contribution in [0.1, 0.15) is 21.5 Å². The first-order valence-corrected chi connectivity index (χ1v) is 8.42. The second-order valence-corrected chi connectivity index (χ2v) is 6.07. The Morgan fingerprint density at radius 3 is 2.71 bits per heavy atom. The zero-order chi connectivity index (χ0) is 19.7. The maximum atomic E-state index is 13.1. The summed E-state index contributed by atoms with van der Waals surface area (Å²) >= 11 is 0. The van der Waals surface area contributed by atoms with Crippen LogP contribution >= 0.6 is 0 Å². The lowest BCUT2D eigenvalue weighted by Crippen LogP contribution is -2.40.